The molecular formula is C10H12O4. The van der Waals surface area contributed by atoms with E-state index in [1.165, 1.54) is 6.07 Å². The number of benzene rings is 1. The van der Waals surface area contributed by atoms with Crippen molar-refractivity contribution in [3.8, 4) is 11.5 Å². The van der Waals surface area contributed by atoms with E-state index in [1.807, 2.05) is 0 Å². The Labute approximate surface area is 81.4 Å². The number of rotatable bonds is 2. The second kappa shape index (κ2) is 3.57. The molecule has 0 atom stereocenters. The van der Waals surface area contributed by atoms with Crippen LogP contribution in [0.25, 0.3) is 0 Å². The van der Waals surface area contributed by atoms with Crippen LogP contribution in [0.2, 0.25) is 0 Å². The Morgan fingerprint density at radius 1 is 1.43 bits per heavy atom. The molecule has 0 unspecified atom stereocenters. The monoisotopic (exact) mass is 196 g/mol. The van der Waals surface area contributed by atoms with Crippen molar-refractivity contribution in [3.63, 3.8) is 0 Å². The van der Waals surface area contributed by atoms with E-state index in [-0.39, 0.29) is 5.56 Å². The highest BCUT2D eigenvalue weighted by Gasteiger charge is 2.19. The molecule has 0 fully saturated rings. The summed E-state index contributed by atoms with van der Waals surface area (Å²) in [7, 11) is 0. The number of carbonyl (C=O) groups is 1. The van der Waals surface area contributed by atoms with Crippen LogP contribution in [0.15, 0.2) is 6.07 Å². The molecule has 0 heterocycles. The van der Waals surface area contributed by atoms with E-state index >= 15 is 0 Å². The van der Waals surface area contributed by atoms with Gasteiger partial charge in [-0.15, -0.1) is 0 Å². The quantitative estimate of drug-likeness (QED) is 0.628. The van der Waals surface area contributed by atoms with Crippen molar-refractivity contribution >= 4 is 5.97 Å². The number of aromatic hydroxyl groups is 2. The van der Waals surface area contributed by atoms with Gasteiger partial charge in [-0.3, -0.25) is 0 Å². The molecule has 0 aliphatic heterocycles. The minimum atomic E-state index is -1.22. The van der Waals surface area contributed by atoms with Crippen molar-refractivity contribution in [2.45, 2.75) is 20.3 Å². The molecule has 0 amide bonds. The molecule has 1 aromatic carbocycles. The number of hydrogen-bond donors (Lipinski definition) is 3. The van der Waals surface area contributed by atoms with Crippen molar-refractivity contribution < 1.29 is 20.1 Å². The standard InChI is InChI=1S/C10H12O4/c1-3-6-5(2)4-7(11)9(12)8(6)10(13)14/h4,11-12H,3H2,1-2H3,(H,13,14). The maximum Gasteiger partial charge on any atom is 0.339 e. The SMILES string of the molecule is CCc1c(C)cc(O)c(O)c1C(=O)O. The lowest BCUT2D eigenvalue weighted by atomic mass is 9.98. The van der Waals surface area contributed by atoms with Gasteiger partial charge >= 0.3 is 5.97 Å². The van der Waals surface area contributed by atoms with Gasteiger partial charge < -0.3 is 15.3 Å². The van der Waals surface area contributed by atoms with Crippen molar-refractivity contribution in [1.82, 2.24) is 0 Å². The van der Waals surface area contributed by atoms with E-state index in [2.05, 4.69) is 0 Å². The van der Waals surface area contributed by atoms with Gasteiger partial charge in [0.15, 0.2) is 11.5 Å². The van der Waals surface area contributed by atoms with Gasteiger partial charge in [-0.2, -0.15) is 0 Å². The third-order valence-electron chi connectivity index (χ3n) is 2.18. The largest absolute Gasteiger partial charge is 0.504 e. The highest BCUT2D eigenvalue weighted by atomic mass is 16.4. The van der Waals surface area contributed by atoms with Gasteiger partial charge in [0.1, 0.15) is 5.56 Å². The Balaban J connectivity index is 3.56. The zero-order valence-corrected chi connectivity index (χ0v) is 8.03. The predicted molar refractivity (Wildman–Crippen MR) is 50.8 cm³/mol. The fourth-order valence-corrected chi connectivity index (χ4v) is 1.51. The predicted octanol–water partition coefficient (Wildman–Crippen LogP) is 1.67. The number of carboxylic acid groups (broad SMARTS) is 1. The molecule has 1 rings (SSSR count). The van der Waals surface area contributed by atoms with Crippen LogP contribution in [0, 0.1) is 6.92 Å². The normalized spacial score (nSPS) is 10.1. The van der Waals surface area contributed by atoms with Crippen LogP contribution >= 0.6 is 0 Å². The van der Waals surface area contributed by atoms with Gasteiger partial charge in [0.05, 0.1) is 0 Å². The van der Waals surface area contributed by atoms with Crippen LogP contribution in [-0.4, -0.2) is 21.3 Å². The molecule has 1 aromatic rings. The Morgan fingerprint density at radius 3 is 2.43 bits per heavy atom. The van der Waals surface area contributed by atoms with E-state index in [1.54, 1.807) is 13.8 Å². The Morgan fingerprint density at radius 2 is 2.00 bits per heavy atom. The molecule has 0 aliphatic rings. The minimum Gasteiger partial charge on any atom is -0.504 e. The lowest BCUT2D eigenvalue weighted by molar-refractivity contribution is 0.0691. The molecule has 0 aromatic heterocycles. The van der Waals surface area contributed by atoms with E-state index in [9.17, 15) is 15.0 Å². The molecule has 0 radical (unpaired) electrons. The zero-order valence-electron chi connectivity index (χ0n) is 8.03. The lowest BCUT2D eigenvalue weighted by Gasteiger charge is -2.10. The van der Waals surface area contributed by atoms with Crippen LogP contribution in [-0.2, 0) is 6.42 Å². The van der Waals surface area contributed by atoms with Crippen molar-refractivity contribution in [2.75, 3.05) is 0 Å². The number of phenols is 2. The summed E-state index contributed by atoms with van der Waals surface area (Å²) in [6.07, 6.45) is 0.501. The number of aryl methyl sites for hydroxylation is 1. The molecule has 4 nitrogen and oxygen atoms in total. The lowest BCUT2D eigenvalue weighted by Crippen LogP contribution is -2.04. The molecule has 4 heteroatoms. The number of hydrogen-bond acceptors (Lipinski definition) is 3. The number of phenolic OH excluding ortho intramolecular Hbond substituents is 1. The Kier molecular flexibility index (Phi) is 2.65. The van der Waals surface area contributed by atoms with Crippen LogP contribution in [0.4, 0.5) is 0 Å². The second-order valence-corrected chi connectivity index (χ2v) is 3.07. The van der Waals surface area contributed by atoms with Crippen molar-refractivity contribution in [3.05, 3.63) is 22.8 Å². The molecule has 0 saturated heterocycles. The minimum absolute atomic E-state index is 0.204. The van der Waals surface area contributed by atoms with Gasteiger partial charge in [-0.25, -0.2) is 4.79 Å². The van der Waals surface area contributed by atoms with Gasteiger partial charge in [-0.05, 0) is 30.5 Å². The Bertz CT molecular complexity index is 382. The summed E-state index contributed by atoms with van der Waals surface area (Å²) in [5, 5.41) is 27.5. The average molecular weight is 196 g/mol. The summed E-state index contributed by atoms with van der Waals surface area (Å²) in [6.45, 7) is 3.50. The number of aromatic carboxylic acids is 1. The summed E-state index contributed by atoms with van der Waals surface area (Å²) in [6, 6.07) is 1.36. The Hall–Kier alpha value is -1.71. The first-order valence-corrected chi connectivity index (χ1v) is 4.26. The molecule has 0 bridgehead atoms. The van der Waals surface area contributed by atoms with Crippen molar-refractivity contribution in [2.24, 2.45) is 0 Å². The van der Waals surface area contributed by atoms with Crippen LogP contribution in [0.5, 0.6) is 11.5 Å². The topological polar surface area (TPSA) is 77.8 Å². The summed E-state index contributed by atoms with van der Waals surface area (Å²) in [5.74, 6) is -2.17. The van der Waals surface area contributed by atoms with E-state index < -0.39 is 17.5 Å². The highest BCUT2D eigenvalue weighted by molar-refractivity contribution is 5.94. The van der Waals surface area contributed by atoms with Crippen LogP contribution in [0.1, 0.15) is 28.4 Å². The van der Waals surface area contributed by atoms with Crippen LogP contribution < -0.4 is 0 Å². The van der Waals surface area contributed by atoms with Gasteiger partial charge in [0.2, 0.25) is 0 Å². The third kappa shape index (κ3) is 1.51. The molecule has 0 spiro atoms. The molecule has 76 valence electrons. The smallest absolute Gasteiger partial charge is 0.339 e. The summed E-state index contributed by atoms with van der Waals surface area (Å²) in [5.41, 5.74) is 1.01. The second-order valence-electron chi connectivity index (χ2n) is 3.07. The number of carboxylic acids is 1. The van der Waals surface area contributed by atoms with E-state index in [0.717, 1.165) is 0 Å². The maximum atomic E-state index is 10.8. The van der Waals surface area contributed by atoms with Gasteiger partial charge in [-0.1, -0.05) is 6.92 Å². The first kappa shape index (κ1) is 10.4. The first-order valence-electron chi connectivity index (χ1n) is 4.26. The zero-order chi connectivity index (χ0) is 10.9. The molecule has 0 aliphatic carbocycles. The van der Waals surface area contributed by atoms with E-state index in [4.69, 9.17) is 5.11 Å². The van der Waals surface area contributed by atoms with E-state index in [0.29, 0.717) is 17.5 Å². The fraction of sp³-hybridized carbons (Fsp3) is 0.300. The van der Waals surface area contributed by atoms with Crippen molar-refractivity contribution in [1.29, 1.82) is 0 Å². The van der Waals surface area contributed by atoms with Gasteiger partial charge in [0, 0.05) is 0 Å². The van der Waals surface area contributed by atoms with Gasteiger partial charge in [0.25, 0.3) is 0 Å². The average Bonchev–Trinajstić information content (AvgIpc) is 2.10. The third-order valence-corrected chi connectivity index (χ3v) is 2.18. The summed E-state index contributed by atoms with van der Waals surface area (Å²) >= 11 is 0. The maximum absolute atomic E-state index is 10.8. The molecule has 14 heavy (non-hydrogen) atoms. The fourth-order valence-electron chi connectivity index (χ4n) is 1.51. The summed E-state index contributed by atoms with van der Waals surface area (Å²) in [4.78, 5) is 10.8. The molecule has 0 saturated carbocycles. The summed E-state index contributed by atoms with van der Waals surface area (Å²) < 4.78 is 0. The molecule has 3 N–H and O–H groups in total. The van der Waals surface area contributed by atoms with Crippen LogP contribution in [0.3, 0.4) is 0 Å². The first-order chi connectivity index (χ1) is 6.49. The molecular weight excluding hydrogens is 184 g/mol. The highest BCUT2D eigenvalue weighted by Crippen LogP contribution is 2.34.